The second kappa shape index (κ2) is 6.81. The molecule has 0 unspecified atom stereocenters. The van der Waals surface area contributed by atoms with Gasteiger partial charge in [0.2, 0.25) is 10.0 Å². The number of hydrogen-bond donors (Lipinski definition) is 0. The number of methoxy groups -OCH3 is 1. The van der Waals surface area contributed by atoms with E-state index < -0.39 is 10.0 Å². The zero-order valence-corrected chi connectivity index (χ0v) is 16.1. The van der Waals surface area contributed by atoms with Crippen molar-refractivity contribution in [2.45, 2.75) is 44.6 Å². The average molecular weight is 359 g/mol. The van der Waals surface area contributed by atoms with E-state index in [1.54, 1.807) is 17.5 Å². The van der Waals surface area contributed by atoms with Gasteiger partial charge in [0.25, 0.3) is 0 Å². The zero-order valence-electron chi connectivity index (χ0n) is 15.2. The highest BCUT2D eigenvalue weighted by Gasteiger charge is 2.30. The molecule has 4 nitrogen and oxygen atoms in total. The fourth-order valence-corrected chi connectivity index (χ4v) is 5.06. The third-order valence-electron chi connectivity index (χ3n) is 4.86. The Bertz CT molecular complexity index is 888. The maximum Gasteiger partial charge on any atom is 0.243 e. The topological polar surface area (TPSA) is 46.6 Å². The van der Waals surface area contributed by atoms with Crippen molar-refractivity contribution in [3.05, 3.63) is 58.7 Å². The monoisotopic (exact) mass is 359 g/mol. The Labute approximate surface area is 150 Å². The summed E-state index contributed by atoms with van der Waals surface area (Å²) >= 11 is 0. The van der Waals surface area contributed by atoms with E-state index in [0.29, 0.717) is 18.0 Å². The van der Waals surface area contributed by atoms with Crippen LogP contribution in [0.3, 0.4) is 0 Å². The van der Waals surface area contributed by atoms with Crippen LogP contribution in [-0.2, 0) is 23.0 Å². The van der Waals surface area contributed by atoms with Crippen molar-refractivity contribution in [1.29, 1.82) is 0 Å². The van der Waals surface area contributed by atoms with Crippen LogP contribution in [0.5, 0.6) is 5.75 Å². The number of nitrogens with zero attached hydrogens (tertiary/aromatic N) is 1. The van der Waals surface area contributed by atoms with Crippen LogP contribution in [0.2, 0.25) is 0 Å². The smallest absolute Gasteiger partial charge is 0.243 e. The molecule has 0 saturated heterocycles. The van der Waals surface area contributed by atoms with E-state index in [9.17, 15) is 8.42 Å². The SMILES string of the molecule is COc1cc(C)c(S(=O)(=O)N2CCc3ccccc3C2)cc1C(C)C. The van der Waals surface area contributed by atoms with Crippen molar-refractivity contribution in [3.8, 4) is 5.75 Å². The van der Waals surface area contributed by atoms with Gasteiger partial charge in [-0.15, -0.1) is 0 Å². The van der Waals surface area contributed by atoms with Crippen molar-refractivity contribution in [3.63, 3.8) is 0 Å². The van der Waals surface area contributed by atoms with E-state index in [4.69, 9.17) is 4.74 Å². The summed E-state index contributed by atoms with van der Waals surface area (Å²) in [6.07, 6.45) is 0.752. The summed E-state index contributed by atoms with van der Waals surface area (Å²) in [5.41, 5.74) is 3.97. The largest absolute Gasteiger partial charge is 0.496 e. The molecule has 0 saturated carbocycles. The molecule has 0 spiro atoms. The first kappa shape index (κ1) is 18.0. The van der Waals surface area contributed by atoms with E-state index in [1.807, 2.05) is 45.0 Å². The minimum absolute atomic E-state index is 0.187. The minimum Gasteiger partial charge on any atom is -0.496 e. The number of rotatable bonds is 4. The molecule has 1 heterocycles. The fraction of sp³-hybridized carbons (Fsp3) is 0.400. The van der Waals surface area contributed by atoms with Gasteiger partial charge in [-0.25, -0.2) is 8.42 Å². The predicted octanol–water partition coefficient (Wildman–Crippen LogP) is 3.87. The second-order valence-electron chi connectivity index (χ2n) is 6.87. The lowest BCUT2D eigenvalue weighted by atomic mass is 10.0. The Hall–Kier alpha value is -1.85. The molecule has 5 heteroatoms. The third kappa shape index (κ3) is 3.31. The molecule has 2 aromatic carbocycles. The summed E-state index contributed by atoms with van der Waals surface area (Å²) in [4.78, 5) is 0.386. The number of hydrogen-bond acceptors (Lipinski definition) is 3. The van der Waals surface area contributed by atoms with Crippen molar-refractivity contribution < 1.29 is 13.2 Å². The Morgan fingerprint density at radius 2 is 1.80 bits per heavy atom. The molecule has 2 aromatic rings. The molecular formula is C20H25NO3S. The molecule has 0 N–H and O–H groups in total. The van der Waals surface area contributed by atoms with Crippen LogP contribution in [0.4, 0.5) is 0 Å². The molecule has 0 radical (unpaired) electrons. The fourth-order valence-electron chi connectivity index (χ4n) is 3.40. The van der Waals surface area contributed by atoms with Crippen molar-refractivity contribution >= 4 is 10.0 Å². The van der Waals surface area contributed by atoms with Crippen LogP contribution < -0.4 is 4.74 Å². The average Bonchev–Trinajstić information content (AvgIpc) is 2.60. The maximum atomic E-state index is 13.3. The van der Waals surface area contributed by atoms with Gasteiger partial charge in [0, 0.05) is 13.1 Å². The van der Waals surface area contributed by atoms with Gasteiger partial charge in [-0.1, -0.05) is 38.1 Å². The second-order valence-corrected chi connectivity index (χ2v) is 8.78. The van der Waals surface area contributed by atoms with Gasteiger partial charge in [-0.2, -0.15) is 4.31 Å². The molecular weight excluding hydrogens is 334 g/mol. The Balaban J connectivity index is 2.02. The molecule has 0 bridgehead atoms. The molecule has 0 amide bonds. The van der Waals surface area contributed by atoms with Gasteiger partial charge in [-0.05, 0) is 53.6 Å². The molecule has 3 rings (SSSR count). The standard InChI is InChI=1S/C20H25NO3S/c1-14(2)18-12-20(15(3)11-19(18)24-4)25(22,23)21-10-9-16-7-5-6-8-17(16)13-21/h5-8,11-12,14H,9-10,13H2,1-4H3. The van der Waals surface area contributed by atoms with E-state index in [0.717, 1.165) is 28.9 Å². The van der Waals surface area contributed by atoms with E-state index >= 15 is 0 Å². The molecule has 0 fully saturated rings. The van der Waals surface area contributed by atoms with Crippen LogP contribution in [0.15, 0.2) is 41.3 Å². The first-order valence-electron chi connectivity index (χ1n) is 8.60. The van der Waals surface area contributed by atoms with Gasteiger partial charge < -0.3 is 4.74 Å². The van der Waals surface area contributed by atoms with E-state index in [2.05, 4.69) is 6.07 Å². The highest BCUT2D eigenvalue weighted by molar-refractivity contribution is 7.89. The summed E-state index contributed by atoms with van der Waals surface area (Å²) in [6.45, 7) is 6.86. The van der Waals surface area contributed by atoms with Crippen LogP contribution >= 0.6 is 0 Å². The minimum atomic E-state index is -3.54. The van der Waals surface area contributed by atoms with Crippen LogP contribution in [0, 0.1) is 6.92 Å². The lowest BCUT2D eigenvalue weighted by Crippen LogP contribution is -2.36. The van der Waals surface area contributed by atoms with Gasteiger partial charge in [0.05, 0.1) is 12.0 Å². The summed E-state index contributed by atoms with van der Waals surface area (Å²) < 4.78 is 33.6. The molecule has 25 heavy (non-hydrogen) atoms. The quantitative estimate of drug-likeness (QED) is 0.832. The highest BCUT2D eigenvalue weighted by atomic mass is 32.2. The highest BCUT2D eigenvalue weighted by Crippen LogP contribution is 2.34. The lowest BCUT2D eigenvalue weighted by Gasteiger charge is -2.29. The Morgan fingerprint density at radius 3 is 2.44 bits per heavy atom. The first-order chi connectivity index (χ1) is 11.8. The van der Waals surface area contributed by atoms with Crippen molar-refractivity contribution in [2.75, 3.05) is 13.7 Å². The maximum absolute atomic E-state index is 13.3. The number of benzene rings is 2. The predicted molar refractivity (Wildman–Crippen MR) is 99.6 cm³/mol. The number of sulfonamides is 1. The molecule has 0 atom stereocenters. The third-order valence-corrected chi connectivity index (χ3v) is 6.85. The zero-order chi connectivity index (χ0) is 18.2. The van der Waals surface area contributed by atoms with Crippen LogP contribution in [0.25, 0.3) is 0 Å². The first-order valence-corrected chi connectivity index (χ1v) is 10.0. The van der Waals surface area contributed by atoms with Crippen LogP contribution in [0.1, 0.15) is 42.0 Å². The number of fused-ring (bicyclic) bond motifs is 1. The molecule has 0 aliphatic carbocycles. The number of ether oxygens (including phenoxy) is 1. The van der Waals surface area contributed by atoms with E-state index in [-0.39, 0.29) is 5.92 Å². The van der Waals surface area contributed by atoms with Crippen LogP contribution in [-0.4, -0.2) is 26.4 Å². The van der Waals surface area contributed by atoms with Crippen molar-refractivity contribution in [2.24, 2.45) is 0 Å². The Kier molecular flexibility index (Phi) is 4.89. The summed E-state index contributed by atoms with van der Waals surface area (Å²) in [7, 11) is -1.92. The van der Waals surface area contributed by atoms with Gasteiger partial charge in [0.1, 0.15) is 5.75 Å². The molecule has 1 aliphatic rings. The van der Waals surface area contributed by atoms with Gasteiger partial charge in [0.15, 0.2) is 0 Å². The van der Waals surface area contributed by atoms with Gasteiger partial charge in [-0.3, -0.25) is 0 Å². The summed E-state index contributed by atoms with van der Waals surface area (Å²) in [5.74, 6) is 0.932. The molecule has 134 valence electrons. The van der Waals surface area contributed by atoms with E-state index in [1.165, 1.54) is 5.56 Å². The molecule has 1 aliphatic heterocycles. The lowest BCUT2D eigenvalue weighted by molar-refractivity contribution is 0.390. The van der Waals surface area contributed by atoms with Gasteiger partial charge >= 0.3 is 0 Å². The summed E-state index contributed by atoms with van der Waals surface area (Å²) in [5, 5.41) is 0. The molecule has 0 aromatic heterocycles. The number of aryl methyl sites for hydroxylation is 1. The summed E-state index contributed by atoms with van der Waals surface area (Å²) in [6, 6.07) is 11.7. The Morgan fingerprint density at radius 1 is 1.12 bits per heavy atom. The normalized spacial score (nSPS) is 15.2. The van der Waals surface area contributed by atoms with Crippen molar-refractivity contribution in [1.82, 2.24) is 4.31 Å².